The van der Waals surface area contributed by atoms with Crippen molar-refractivity contribution in [3.05, 3.63) is 42.0 Å². The fourth-order valence-corrected chi connectivity index (χ4v) is 1.74. The number of esters is 1. The van der Waals surface area contributed by atoms with Crippen molar-refractivity contribution in [1.82, 2.24) is 0 Å². The average Bonchev–Trinajstić information content (AvgIpc) is 2.44. The van der Waals surface area contributed by atoms with Gasteiger partial charge in [-0.2, -0.15) is 0 Å². The first-order valence-corrected chi connectivity index (χ1v) is 6.15. The van der Waals surface area contributed by atoms with E-state index in [0.29, 0.717) is 31.1 Å². The molecule has 0 bridgehead atoms. The van der Waals surface area contributed by atoms with Crippen molar-refractivity contribution < 1.29 is 19.0 Å². The molecule has 0 spiro atoms. The Morgan fingerprint density at radius 1 is 1.37 bits per heavy atom. The van der Waals surface area contributed by atoms with Gasteiger partial charge in [0, 0.05) is 0 Å². The third-order valence-corrected chi connectivity index (χ3v) is 2.62. The van der Waals surface area contributed by atoms with E-state index in [9.17, 15) is 4.79 Å². The minimum absolute atomic E-state index is 0.338. The van der Waals surface area contributed by atoms with E-state index in [1.807, 2.05) is 18.2 Å². The van der Waals surface area contributed by atoms with Crippen LogP contribution in [0.1, 0.15) is 12.5 Å². The molecule has 100 valence electrons. The van der Waals surface area contributed by atoms with Gasteiger partial charge < -0.3 is 14.2 Å². The Hall–Kier alpha value is -2.23. The Labute approximate surface area is 112 Å². The first-order chi connectivity index (χ1) is 9.24. The van der Waals surface area contributed by atoms with Gasteiger partial charge in [-0.05, 0) is 30.7 Å². The lowest BCUT2D eigenvalue weighted by atomic mass is 10.1. The van der Waals surface area contributed by atoms with E-state index in [1.165, 1.54) is 6.08 Å². The molecule has 1 heterocycles. The molecule has 1 aromatic rings. The summed E-state index contributed by atoms with van der Waals surface area (Å²) in [5.41, 5.74) is 1.26. The number of hydrogen-bond acceptors (Lipinski definition) is 4. The van der Waals surface area contributed by atoms with Gasteiger partial charge in [0.15, 0.2) is 11.5 Å². The summed E-state index contributed by atoms with van der Waals surface area (Å²) in [6.45, 7) is 6.82. The summed E-state index contributed by atoms with van der Waals surface area (Å²) < 4.78 is 15.9. The van der Waals surface area contributed by atoms with Crippen LogP contribution in [0.2, 0.25) is 0 Å². The maximum absolute atomic E-state index is 11.6. The second-order valence-corrected chi connectivity index (χ2v) is 3.93. The van der Waals surface area contributed by atoms with Gasteiger partial charge in [0.1, 0.15) is 13.2 Å². The van der Waals surface area contributed by atoms with Gasteiger partial charge in [0.2, 0.25) is 0 Å². The van der Waals surface area contributed by atoms with Crippen molar-refractivity contribution in [3.8, 4) is 11.5 Å². The van der Waals surface area contributed by atoms with E-state index < -0.39 is 0 Å². The van der Waals surface area contributed by atoms with Gasteiger partial charge >= 0.3 is 5.97 Å². The molecule has 2 rings (SSSR count). The molecule has 0 amide bonds. The third kappa shape index (κ3) is 3.16. The highest BCUT2D eigenvalue weighted by Crippen LogP contribution is 2.31. The van der Waals surface area contributed by atoms with Gasteiger partial charge in [-0.15, -0.1) is 0 Å². The summed E-state index contributed by atoms with van der Waals surface area (Å²) in [6, 6.07) is 5.51. The molecule has 0 aromatic heterocycles. The molecule has 0 saturated heterocycles. The van der Waals surface area contributed by atoms with Gasteiger partial charge in [0.05, 0.1) is 12.2 Å². The van der Waals surface area contributed by atoms with Crippen LogP contribution in [0.15, 0.2) is 36.4 Å². The molecule has 19 heavy (non-hydrogen) atoms. The monoisotopic (exact) mass is 260 g/mol. The molecular formula is C15H16O4. The highest BCUT2D eigenvalue weighted by atomic mass is 16.6. The van der Waals surface area contributed by atoms with Crippen LogP contribution >= 0.6 is 0 Å². The molecule has 0 atom stereocenters. The van der Waals surface area contributed by atoms with Crippen LogP contribution in [0.4, 0.5) is 0 Å². The molecule has 1 aliphatic heterocycles. The van der Waals surface area contributed by atoms with E-state index in [0.717, 1.165) is 11.3 Å². The largest absolute Gasteiger partial charge is 0.486 e. The van der Waals surface area contributed by atoms with Crippen LogP contribution < -0.4 is 9.47 Å². The van der Waals surface area contributed by atoms with E-state index >= 15 is 0 Å². The standard InChI is InChI=1S/C15H16O4/c1-3-12(15(16)17-4-2)9-11-5-6-13-14(10-11)19-8-7-18-13/h3,5-6,9-10H,1,4,7-8H2,2H3/b12-9+. The fraction of sp³-hybridized carbons (Fsp3) is 0.267. The lowest BCUT2D eigenvalue weighted by Crippen LogP contribution is -2.15. The summed E-state index contributed by atoms with van der Waals surface area (Å²) in [6.07, 6.45) is 3.19. The van der Waals surface area contributed by atoms with Crippen LogP contribution in [-0.4, -0.2) is 25.8 Å². The summed E-state index contributed by atoms with van der Waals surface area (Å²) >= 11 is 0. The second-order valence-electron chi connectivity index (χ2n) is 3.93. The topological polar surface area (TPSA) is 44.8 Å². The zero-order valence-corrected chi connectivity index (χ0v) is 10.8. The Balaban J connectivity index is 2.25. The molecule has 0 unspecified atom stereocenters. The number of fused-ring (bicyclic) bond motifs is 1. The van der Waals surface area contributed by atoms with Gasteiger partial charge in [-0.1, -0.05) is 18.7 Å². The summed E-state index contributed by atoms with van der Waals surface area (Å²) in [5.74, 6) is 1.03. The first-order valence-electron chi connectivity index (χ1n) is 6.15. The molecule has 4 heteroatoms. The predicted octanol–water partition coefficient (Wildman–Crippen LogP) is 2.59. The normalized spacial score (nSPS) is 13.8. The predicted molar refractivity (Wildman–Crippen MR) is 72.2 cm³/mol. The lowest BCUT2D eigenvalue weighted by molar-refractivity contribution is -0.138. The van der Waals surface area contributed by atoms with Gasteiger partial charge in [0.25, 0.3) is 0 Å². The molecule has 0 saturated carbocycles. The minimum atomic E-state index is -0.382. The van der Waals surface area contributed by atoms with E-state index in [4.69, 9.17) is 14.2 Å². The Morgan fingerprint density at radius 2 is 2.11 bits per heavy atom. The third-order valence-electron chi connectivity index (χ3n) is 2.62. The summed E-state index contributed by atoms with van der Waals surface area (Å²) in [5, 5.41) is 0. The minimum Gasteiger partial charge on any atom is -0.486 e. The van der Waals surface area contributed by atoms with Crippen molar-refractivity contribution in [2.24, 2.45) is 0 Å². The van der Waals surface area contributed by atoms with Gasteiger partial charge in [-0.3, -0.25) is 0 Å². The number of rotatable bonds is 4. The van der Waals surface area contributed by atoms with E-state index in [-0.39, 0.29) is 5.97 Å². The van der Waals surface area contributed by atoms with E-state index in [2.05, 4.69) is 6.58 Å². The lowest BCUT2D eigenvalue weighted by Gasteiger charge is -2.18. The van der Waals surface area contributed by atoms with Crippen molar-refractivity contribution >= 4 is 12.0 Å². The fourth-order valence-electron chi connectivity index (χ4n) is 1.74. The quantitative estimate of drug-likeness (QED) is 0.474. The average molecular weight is 260 g/mol. The smallest absolute Gasteiger partial charge is 0.338 e. The van der Waals surface area contributed by atoms with Crippen LogP contribution in [0, 0.1) is 0 Å². The van der Waals surface area contributed by atoms with Crippen molar-refractivity contribution in [2.45, 2.75) is 6.92 Å². The zero-order valence-electron chi connectivity index (χ0n) is 10.8. The van der Waals surface area contributed by atoms with Crippen LogP contribution in [0.25, 0.3) is 6.08 Å². The summed E-state index contributed by atoms with van der Waals surface area (Å²) in [7, 11) is 0. The number of carbonyl (C=O) groups excluding carboxylic acids is 1. The van der Waals surface area contributed by atoms with Crippen molar-refractivity contribution in [3.63, 3.8) is 0 Å². The Kier molecular flexibility index (Phi) is 4.23. The number of hydrogen-bond donors (Lipinski definition) is 0. The Bertz CT molecular complexity index is 517. The molecule has 1 aromatic carbocycles. The SMILES string of the molecule is C=C/C(=C\c1ccc2c(c1)OCCO2)C(=O)OCC. The van der Waals surface area contributed by atoms with Crippen LogP contribution in [0.3, 0.4) is 0 Å². The molecule has 1 aliphatic rings. The molecule has 0 aliphatic carbocycles. The van der Waals surface area contributed by atoms with E-state index in [1.54, 1.807) is 13.0 Å². The number of ether oxygens (including phenoxy) is 3. The van der Waals surface area contributed by atoms with Crippen molar-refractivity contribution in [2.75, 3.05) is 19.8 Å². The molecule has 4 nitrogen and oxygen atoms in total. The van der Waals surface area contributed by atoms with Crippen molar-refractivity contribution in [1.29, 1.82) is 0 Å². The molecule has 0 radical (unpaired) electrons. The Morgan fingerprint density at radius 3 is 2.79 bits per heavy atom. The summed E-state index contributed by atoms with van der Waals surface area (Å²) in [4.78, 5) is 11.6. The maximum Gasteiger partial charge on any atom is 0.338 e. The first kappa shape index (κ1) is 13.2. The van der Waals surface area contributed by atoms with Crippen LogP contribution in [-0.2, 0) is 9.53 Å². The zero-order chi connectivity index (χ0) is 13.7. The highest BCUT2D eigenvalue weighted by Gasteiger charge is 2.12. The number of benzene rings is 1. The number of carbonyl (C=O) groups is 1. The van der Waals surface area contributed by atoms with Crippen LogP contribution in [0.5, 0.6) is 11.5 Å². The highest BCUT2D eigenvalue weighted by molar-refractivity contribution is 5.96. The molecule has 0 fully saturated rings. The van der Waals surface area contributed by atoms with Gasteiger partial charge in [-0.25, -0.2) is 4.79 Å². The molecule has 0 N–H and O–H groups in total. The molecular weight excluding hydrogens is 244 g/mol. The second kappa shape index (κ2) is 6.09. The maximum atomic E-state index is 11.6.